The van der Waals surface area contributed by atoms with Crippen LogP contribution in [0.15, 0.2) is 24.3 Å². The Balaban J connectivity index is 1.26. The van der Waals surface area contributed by atoms with E-state index in [2.05, 4.69) is 24.1 Å². The molecular formula is C45H65NO10S2. The van der Waals surface area contributed by atoms with E-state index in [-0.39, 0.29) is 65.0 Å². The van der Waals surface area contributed by atoms with Gasteiger partial charge < -0.3 is 54.9 Å². The Morgan fingerprint density at radius 2 is 1.72 bits per heavy atom. The summed E-state index contributed by atoms with van der Waals surface area (Å²) in [6.45, 7) is 3.69. The van der Waals surface area contributed by atoms with Crippen LogP contribution in [0.4, 0.5) is 0 Å². The first-order valence-corrected chi connectivity index (χ1v) is 23.6. The minimum Gasteiger partial charge on any atom is -0.504 e. The summed E-state index contributed by atoms with van der Waals surface area (Å²) in [6, 6.07) is 7.08. The predicted octanol–water partition coefficient (Wildman–Crippen LogP) is 6.53. The van der Waals surface area contributed by atoms with Gasteiger partial charge >= 0.3 is 0 Å². The van der Waals surface area contributed by atoms with E-state index in [1.807, 2.05) is 6.07 Å². The third-order valence-electron chi connectivity index (χ3n) is 13.1. The van der Waals surface area contributed by atoms with E-state index >= 15 is 0 Å². The van der Waals surface area contributed by atoms with E-state index in [1.165, 1.54) is 48.6 Å². The first-order chi connectivity index (χ1) is 28.1. The molecule has 2 fully saturated rings. The number of hydrogen-bond donors (Lipinski definition) is 7. The van der Waals surface area contributed by atoms with Crippen molar-refractivity contribution in [2.24, 2.45) is 29.1 Å². The number of aliphatic hydroxyl groups excluding tert-OH is 4. The molecule has 0 radical (unpaired) electrons. The molecule has 7 N–H and O–H groups in total. The Hall–Kier alpha value is -2.54. The zero-order chi connectivity index (χ0) is 41.2. The van der Waals surface area contributed by atoms with Gasteiger partial charge in [0, 0.05) is 41.9 Å². The van der Waals surface area contributed by atoms with Crippen LogP contribution in [0.1, 0.15) is 99.5 Å². The molecule has 2 aliphatic carbocycles. The molecule has 11 nitrogen and oxygen atoms in total. The van der Waals surface area contributed by atoms with Gasteiger partial charge in [-0.05, 0) is 129 Å². The van der Waals surface area contributed by atoms with Crippen LogP contribution in [0.2, 0.25) is 0 Å². The second kappa shape index (κ2) is 21.3. The summed E-state index contributed by atoms with van der Waals surface area (Å²) in [5.41, 5.74) is 2.52. The smallest absolute Gasteiger partial charge is 0.200 e. The van der Waals surface area contributed by atoms with E-state index < -0.39 is 31.0 Å². The third-order valence-corrected chi connectivity index (χ3v) is 15.9. The number of rotatable bonds is 10. The van der Waals surface area contributed by atoms with E-state index in [9.17, 15) is 30.6 Å². The van der Waals surface area contributed by atoms with Crippen LogP contribution in [0.3, 0.4) is 0 Å². The summed E-state index contributed by atoms with van der Waals surface area (Å²) in [5, 5.41) is 69.1. The number of ether oxygens (including phenoxy) is 4. The summed E-state index contributed by atoms with van der Waals surface area (Å²) in [4.78, 5) is 0. The first-order valence-electron chi connectivity index (χ1n) is 21.2. The number of aliphatic hydroxyl groups is 4. The molecule has 58 heavy (non-hydrogen) atoms. The number of phenolic OH excluding ortho intramolecular Hbond substituents is 2. The molecule has 2 aromatic rings. The largest absolute Gasteiger partial charge is 0.504 e. The molecule has 2 saturated carbocycles. The van der Waals surface area contributed by atoms with Crippen LogP contribution >= 0.6 is 21.6 Å². The lowest BCUT2D eigenvalue weighted by Crippen LogP contribution is -2.46. The van der Waals surface area contributed by atoms with E-state index in [4.69, 9.17) is 18.9 Å². The summed E-state index contributed by atoms with van der Waals surface area (Å²) in [7, 11) is 5.89. The highest BCUT2D eigenvalue weighted by molar-refractivity contribution is 8.76. The molecule has 0 aromatic heterocycles. The molecule has 322 valence electrons. The summed E-state index contributed by atoms with van der Waals surface area (Å²) in [6.07, 6.45) is 7.66. The molecule has 0 saturated heterocycles. The van der Waals surface area contributed by atoms with Crippen LogP contribution in [-0.2, 0) is 17.6 Å². The van der Waals surface area contributed by atoms with Gasteiger partial charge in [-0.2, -0.15) is 0 Å². The molecule has 2 aliphatic heterocycles. The predicted molar refractivity (Wildman–Crippen MR) is 228 cm³/mol. The number of phenols is 2. The van der Waals surface area contributed by atoms with Crippen molar-refractivity contribution in [1.29, 1.82) is 0 Å². The van der Waals surface area contributed by atoms with Crippen LogP contribution < -0.4 is 19.5 Å². The molecular weight excluding hydrogens is 779 g/mol. The Labute approximate surface area is 352 Å². The van der Waals surface area contributed by atoms with Crippen LogP contribution in [-0.4, -0.2) is 102 Å². The highest BCUT2D eigenvalue weighted by Crippen LogP contribution is 2.53. The average molecular weight is 844 g/mol. The van der Waals surface area contributed by atoms with Crippen molar-refractivity contribution < 1.29 is 49.6 Å². The molecule has 0 amide bonds. The number of fused-ring (bicyclic) bond motifs is 3. The Kier molecular flexibility index (Phi) is 16.5. The number of methoxy groups -OCH3 is 2. The fourth-order valence-electron chi connectivity index (χ4n) is 10.1. The zero-order valence-electron chi connectivity index (χ0n) is 34.4. The van der Waals surface area contributed by atoms with Crippen molar-refractivity contribution >= 4 is 21.6 Å². The maximum atomic E-state index is 11.7. The number of aromatic hydroxyl groups is 2. The fourth-order valence-corrected chi connectivity index (χ4v) is 13.0. The minimum absolute atomic E-state index is 0.00773. The SMILES string of the molecule is COc1cc(C[C@H]2[C@H](O)C[C@@H](OCO)CCc3cc(O[C@H]4CC[C@@H]5CNCCC#C[C@]6(CCC[C@@H](C)C6)[C@@H]5C4)c(O)cc3[C@H](CCO)SSC[C@@H]2O)cc(OC)c1O. The van der Waals surface area contributed by atoms with Crippen LogP contribution in [0, 0.1) is 40.9 Å². The summed E-state index contributed by atoms with van der Waals surface area (Å²) < 4.78 is 23.4. The molecule has 4 aliphatic rings. The van der Waals surface area contributed by atoms with Crippen LogP contribution in [0.5, 0.6) is 28.7 Å². The average Bonchev–Trinajstić information content (AvgIpc) is 3.29. The standard InChI is InChI=1S/C45H65NO10S2/c1-28-7-6-14-45(24-28)13-4-5-15-46-25-31-9-11-33(21-36(31)45)56-40-20-30-8-10-32(55-27-48)22-37(49)35(17-29-18-41(53-2)44(52)42(19-29)54-3)39(51)26-57-58-43(12-16-47)34(30)23-38(40)50/h18-20,23,28,31-33,35-37,39,43,46-52H,5-12,14-17,21-22,24-27H2,1-3H3/t28-,31-,32+,33+,35+,36-,37-,39+,43+,45-/m1/s1. The van der Waals surface area contributed by atoms with Crippen molar-refractivity contribution in [3.8, 4) is 40.6 Å². The van der Waals surface area contributed by atoms with Gasteiger partial charge in [-0.3, -0.25) is 0 Å². The lowest BCUT2D eigenvalue weighted by molar-refractivity contribution is -0.0808. The van der Waals surface area contributed by atoms with Crippen molar-refractivity contribution in [3.63, 3.8) is 0 Å². The molecule has 1 spiro atoms. The van der Waals surface area contributed by atoms with Gasteiger partial charge in [0.05, 0.1) is 38.6 Å². The van der Waals surface area contributed by atoms with Crippen LogP contribution in [0.25, 0.3) is 0 Å². The van der Waals surface area contributed by atoms with Crippen molar-refractivity contribution in [3.05, 3.63) is 41.0 Å². The molecule has 6 rings (SSSR count). The van der Waals surface area contributed by atoms with E-state index in [1.54, 1.807) is 18.2 Å². The normalized spacial score (nSPS) is 32.3. The Morgan fingerprint density at radius 1 is 0.931 bits per heavy atom. The Bertz CT molecular complexity index is 1680. The molecule has 2 heterocycles. The second-order valence-electron chi connectivity index (χ2n) is 17.0. The maximum Gasteiger partial charge on any atom is 0.200 e. The third kappa shape index (κ3) is 11.0. The molecule has 0 unspecified atom stereocenters. The highest BCUT2D eigenvalue weighted by Gasteiger charge is 2.47. The Morgan fingerprint density at radius 3 is 2.45 bits per heavy atom. The summed E-state index contributed by atoms with van der Waals surface area (Å²) in [5.74, 6) is 9.45. The fraction of sp³-hybridized carbons (Fsp3) is 0.689. The van der Waals surface area contributed by atoms with E-state index in [0.29, 0.717) is 48.3 Å². The van der Waals surface area contributed by atoms with Gasteiger partial charge in [0.25, 0.3) is 0 Å². The van der Waals surface area contributed by atoms with Gasteiger partial charge in [0.1, 0.15) is 6.79 Å². The lowest BCUT2D eigenvalue weighted by atomic mass is 9.56. The number of hydrogen-bond acceptors (Lipinski definition) is 13. The maximum absolute atomic E-state index is 11.7. The van der Waals surface area contributed by atoms with Gasteiger partial charge in [0.15, 0.2) is 23.0 Å². The van der Waals surface area contributed by atoms with Gasteiger partial charge in [-0.25, -0.2) is 0 Å². The lowest BCUT2D eigenvalue weighted by Gasteiger charge is -2.49. The van der Waals surface area contributed by atoms with Gasteiger partial charge in [-0.1, -0.05) is 47.3 Å². The van der Waals surface area contributed by atoms with Gasteiger partial charge in [0.2, 0.25) is 5.75 Å². The summed E-state index contributed by atoms with van der Waals surface area (Å²) >= 11 is 0. The molecule has 10 atom stereocenters. The molecule has 13 heteroatoms. The number of nitrogens with one attached hydrogen (secondary N) is 1. The second-order valence-corrected chi connectivity index (χ2v) is 19.6. The first kappa shape index (κ1) is 45.0. The quantitative estimate of drug-likeness (QED) is 0.0784. The van der Waals surface area contributed by atoms with Crippen molar-refractivity contribution in [2.75, 3.05) is 46.5 Å². The number of aryl methyl sites for hydroxylation is 1. The molecule has 2 aromatic carbocycles. The van der Waals surface area contributed by atoms with E-state index in [0.717, 1.165) is 62.7 Å². The molecule has 0 bridgehead atoms. The topological polar surface area (TPSA) is 170 Å². The van der Waals surface area contributed by atoms with Gasteiger partial charge in [-0.15, -0.1) is 5.92 Å². The highest BCUT2D eigenvalue weighted by atomic mass is 33.1. The minimum atomic E-state index is -1.00. The zero-order valence-corrected chi connectivity index (χ0v) is 36.0. The van der Waals surface area contributed by atoms with Crippen molar-refractivity contribution in [2.45, 2.75) is 120 Å². The monoisotopic (exact) mass is 843 g/mol. The van der Waals surface area contributed by atoms with Crippen molar-refractivity contribution in [1.82, 2.24) is 5.32 Å². The number of benzene rings is 2.